The number of para-hydroxylation sites is 3. The van der Waals surface area contributed by atoms with E-state index in [-0.39, 0.29) is 5.91 Å². The minimum absolute atomic E-state index is 0.00296. The van der Waals surface area contributed by atoms with Gasteiger partial charge in [0.1, 0.15) is 5.75 Å². The largest absolute Gasteiger partial charge is 0.495 e. The van der Waals surface area contributed by atoms with Crippen LogP contribution in [0.25, 0.3) is 0 Å². The Bertz CT molecular complexity index is 936. The number of nitrogens with one attached hydrogen (secondary N) is 2. The number of hydrogen-bond donors (Lipinski definition) is 2. The smallest absolute Gasteiger partial charge is 0.230 e. The third-order valence-corrected chi connectivity index (χ3v) is 6.24. The second-order valence-electron chi connectivity index (χ2n) is 6.45. The van der Waals surface area contributed by atoms with E-state index in [0.717, 1.165) is 28.7 Å². The standard InChI is InChI=1S/C21H25N5O2S2/c1-26(16-9-4-3-5-10-16)14-8-13-22-19(27)15-29-21-25-24-20(30-21)23-17-11-6-7-12-18(17)28-2/h3-7,9-12H,8,13-15H2,1-2H3,(H,22,27)(H,23,24). The predicted molar refractivity (Wildman–Crippen MR) is 124 cm³/mol. The molecule has 1 amide bonds. The highest BCUT2D eigenvalue weighted by Gasteiger charge is 2.10. The molecule has 0 atom stereocenters. The maximum atomic E-state index is 12.1. The van der Waals surface area contributed by atoms with Gasteiger partial charge in [-0.25, -0.2) is 0 Å². The number of carbonyl (C=O) groups excluding carboxylic acids is 1. The molecule has 3 rings (SSSR count). The lowest BCUT2D eigenvalue weighted by Crippen LogP contribution is -2.29. The zero-order valence-electron chi connectivity index (χ0n) is 17.0. The fourth-order valence-electron chi connectivity index (χ4n) is 2.72. The summed E-state index contributed by atoms with van der Waals surface area (Å²) >= 11 is 2.79. The lowest BCUT2D eigenvalue weighted by Gasteiger charge is -2.19. The molecule has 158 valence electrons. The van der Waals surface area contributed by atoms with Gasteiger partial charge in [-0.05, 0) is 30.7 Å². The number of hydrogen-bond acceptors (Lipinski definition) is 8. The summed E-state index contributed by atoms with van der Waals surface area (Å²) in [6, 6.07) is 17.8. The molecule has 1 heterocycles. The lowest BCUT2D eigenvalue weighted by atomic mass is 10.3. The van der Waals surface area contributed by atoms with Crippen molar-refractivity contribution in [1.29, 1.82) is 0 Å². The Kier molecular flexibility index (Phi) is 8.34. The number of aromatic nitrogens is 2. The minimum Gasteiger partial charge on any atom is -0.495 e. The van der Waals surface area contributed by atoms with E-state index in [1.54, 1.807) is 7.11 Å². The summed E-state index contributed by atoms with van der Waals surface area (Å²) in [5.74, 6) is 1.05. The van der Waals surface area contributed by atoms with Crippen LogP contribution in [0.3, 0.4) is 0 Å². The number of nitrogens with zero attached hydrogens (tertiary/aromatic N) is 3. The molecular formula is C21H25N5O2S2. The quantitative estimate of drug-likeness (QED) is 0.342. The SMILES string of the molecule is COc1ccccc1Nc1nnc(SCC(=O)NCCCN(C)c2ccccc2)s1. The van der Waals surface area contributed by atoms with Crippen LogP contribution in [0.5, 0.6) is 5.75 Å². The van der Waals surface area contributed by atoms with Crippen LogP contribution in [-0.2, 0) is 4.79 Å². The molecule has 2 N–H and O–H groups in total. The van der Waals surface area contributed by atoms with Crippen molar-refractivity contribution in [1.82, 2.24) is 15.5 Å². The van der Waals surface area contributed by atoms with Crippen molar-refractivity contribution < 1.29 is 9.53 Å². The van der Waals surface area contributed by atoms with Gasteiger partial charge in [0.25, 0.3) is 0 Å². The molecule has 0 bridgehead atoms. The number of methoxy groups -OCH3 is 1. The summed E-state index contributed by atoms with van der Waals surface area (Å²) in [4.78, 5) is 14.3. The van der Waals surface area contributed by atoms with Crippen LogP contribution in [0.15, 0.2) is 58.9 Å². The summed E-state index contributed by atoms with van der Waals surface area (Å²) in [7, 11) is 3.68. The summed E-state index contributed by atoms with van der Waals surface area (Å²) in [5, 5.41) is 15.1. The summed E-state index contributed by atoms with van der Waals surface area (Å²) < 4.78 is 6.06. The van der Waals surface area contributed by atoms with Crippen molar-refractivity contribution in [3.63, 3.8) is 0 Å². The Balaban J connectivity index is 1.36. The second-order valence-corrected chi connectivity index (χ2v) is 8.65. The van der Waals surface area contributed by atoms with Crippen LogP contribution in [-0.4, -0.2) is 49.1 Å². The van der Waals surface area contributed by atoms with Crippen LogP contribution < -0.4 is 20.3 Å². The molecule has 0 unspecified atom stereocenters. The molecular weight excluding hydrogens is 418 g/mol. The maximum Gasteiger partial charge on any atom is 0.230 e. The zero-order valence-corrected chi connectivity index (χ0v) is 18.6. The van der Waals surface area contributed by atoms with Gasteiger partial charge in [0, 0.05) is 25.8 Å². The minimum atomic E-state index is -0.00296. The maximum absolute atomic E-state index is 12.1. The van der Waals surface area contributed by atoms with Gasteiger partial charge >= 0.3 is 0 Å². The van der Waals surface area contributed by atoms with Crippen molar-refractivity contribution >= 4 is 45.5 Å². The fourth-order valence-corrected chi connectivity index (χ4v) is 4.31. The van der Waals surface area contributed by atoms with Gasteiger partial charge in [0.2, 0.25) is 11.0 Å². The molecule has 30 heavy (non-hydrogen) atoms. The molecule has 0 radical (unpaired) electrons. The van der Waals surface area contributed by atoms with Gasteiger partial charge < -0.3 is 20.3 Å². The molecule has 0 spiro atoms. The van der Waals surface area contributed by atoms with E-state index in [4.69, 9.17) is 4.74 Å². The van der Waals surface area contributed by atoms with Crippen molar-refractivity contribution in [3.05, 3.63) is 54.6 Å². The monoisotopic (exact) mass is 443 g/mol. The topological polar surface area (TPSA) is 79.4 Å². The molecule has 9 heteroatoms. The average Bonchev–Trinajstić information content (AvgIpc) is 3.23. The highest BCUT2D eigenvalue weighted by atomic mass is 32.2. The molecule has 0 saturated carbocycles. The first-order valence-corrected chi connectivity index (χ1v) is 11.3. The molecule has 0 fully saturated rings. The third kappa shape index (κ3) is 6.64. The van der Waals surface area contributed by atoms with E-state index in [2.05, 4.69) is 44.9 Å². The average molecular weight is 444 g/mol. The number of rotatable bonds is 11. The van der Waals surface area contributed by atoms with E-state index in [1.165, 1.54) is 28.8 Å². The normalized spacial score (nSPS) is 10.5. The Morgan fingerprint density at radius 3 is 2.70 bits per heavy atom. The number of amides is 1. The van der Waals surface area contributed by atoms with E-state index < -0.39 is 0 Å². The number of anilines is 3. The van der Waals surface area contributed by atoms with Gasteiger partial charge in [-0.2, -0.15) is 0 Å². The fraction of sp³-hybridized carbons (Fsp3) is 0.286. The molecule has 0 aliphatic carbocycles. The van der Waals surface area contributed by atoms with E-state index in [9.17, 15) is 4.79 Å². The first-order valence-electron chi connectivity index (χ1n) is 9.55. The molecule has 0 aliphatic rings. The molecule has 2 aromatic carbocycles. The first-order chi connectivity index (χ1) is 14.7. The number of benzene rings is 2. The van der Waals surface area contributed by atoms with Crippen LogP contribution in [0, 0.1) is 0 Å². The van der Waals surface area contributed by atoms with E-state index in [1.807, 2.05) is 42.5 Å². The van der Waals surface area contributed by atoms with Gasteiger partial charge in [0.05, 0.1) is 18.6 Å². The Labute approximate surface area is 184 Å². The van der Waals surface area contributed by atoms with Gasteiger partial charge in [-0.3, -0.25) is 4.79 Å². The van der Waals surface area contributed by atoms with E-state index in [0.29, 0.717) is 17.4 Å². The molecule has 3 aromatic rings. The molecule has 1 aromatic heterocycles. The third-order valence-electron chi connectivity index (χ3n) is 4.27. The number of carbonyl (C=O) groups is 1. The Morgan fingerprint density at radius 1 is 1.13 bits per heavy atom. The van der Waals surface area contributed by atoms with E-state index >= 15 is 0 Å². The van der Waals surface area contributed by atoms with Gasteiger partial charge in [-0.1, -0.05) is 53.4 Å². The van der Waals surface area contributed by atoms with Crippen molar-refractivity contribution in [2.24, 2.45) is 0 Å². The highest BCUT2D eigenvalue weighted by molar-refractivity contribution is 8.01. The van der Waals surface area contributed by atoms with Gasteiger partial charge in [-0.15, -0.1) is 10.2 Å². The summed E-state index contributed by atoms with van der Waals surface area (Å²) in [6.45, 7) is 1.53. The predicted octanol–water partition coefficient (Wildman–Crippen LogP) is 4.03. The lowest BCUT2D eigenvalue weighted by molar-refractivity contribution is -0.118. The van der Waals surface area contributed by atoms with Crippen LogP contribution in [0.4, 0.5) is 16.5 Å². The number of ether oxygens (including phenoxy) is 1. The molecule has 0 saturated heterocycles. The summed E-state index contributed by atoms with van der Waals surface area (Å²) in [5.41, 5.74) is 2.00. The highest BCUT2D eigenvalue weighted by Crippen LogP contribution is 2.31. The van der Waals surface area contributed by atoms with Crippen LogP contribution in [0.1, 0.15) is 6.42 Å². The molecule has 7 nitrogen and oxygen atoms in total. The van der Waals surface area contributed by atoms with Crippen molar-refractivity contribution in [3.8, 4) is 5.75 Å². The zero-order chi connectivity index (χ0) is 21.2. The second kappa shape index (κ2) is 11.4. The number of thioether (sulfide) groups is 1. The van der Waals surface area contributed by atoms with Gasteiger partial charge in [0.15, 0.2) is 4.34 Å². The Morgan fingerprint density at radius 2 is 1.90 bits per heavy atom. The first kappa shape index (κ1) is 21.9. The van der Waals surface area contributed by atoms with Crippen LogP contribution >= 0.6 is 23.1 Å². The van der Waals surface area contributed by atoms with Crippen molar-refractivity contribution in [2.75, 3.05) is 43.2 Å². The van der Waals surface area contributed by atoms with Crippen LogP contribution in [0.2, 0.25) is 0 Å². The Hall–Kier alpha value is -2.78. The summed E-state index contributed by atoms with van der Waals surface area (Å²) in [6.07, 6.45) is 0.883. The van der Waals surface area contributed by atoms with Crippen molar-refractivity contribution in [2.45, 2.75) is 10.8 Å². The molecule has 0 aliphatic heterocycles.